The van der Waals surface area contributed by atoms with Crippen LogP contribution >= 0.6 is 0 Å². The highest BCUT2D eigenvalue weighted by molar-refractivity contribution is 5.79. The molecular weight excluding hydrogens is 340 g/mol. The number of aryl methyl sites for hydroxylation is 1. The summed E-state index contributed by atoms with van der Waals surface area (Å²) in [5.41, 5.74) is 2.42. The van der Waals surface area contributed by atoms with E-state index in [1.165, 1.54) is 5.56 Å². The fourth-order valence-electron chi connectivity index (χ4n) is 3.77. The second kappa shape index (κ2) is 10.1. The maximum atomic E-state index is 5.51. The van der Waals surface area contributed by atoms with Gasteiger partial charge in [0, 0.05) is 65.1 Å². The normalized spacial score (nSPS) is 17.6. The Morgan fingerprint density at radius 2 is 1.96 bits per heavy atom. The number of ether oxygens (including phenoxy) is 1. The molecule has 0 radical (unpaired) electrons. The minimum Gasteiger partial charge on any atom is -0.379 e. The van der Waals surface area contributed by atoms with Crippen molar-refractivity contribution in [3.05, 3.63) is 17.5 Å². The molecule has 1 aromatic rings. The Morgan fingerprint density at radius 1 is 1.30 bits per heavy atom. The van der Waals surface area contributed by atoms with E-state index in [1.54, 1.807) is 0 Å². The first-order valence-corrected chi connectivity index (χ1v) is 10.1. The minimum atomic E-state index is 0.413. The summed E-state index contributed by atoms with van der Waals surface area (Å²) in [6.45, 7) is 14.3. The van der Waals surface area contributed by atoms with Crippen LogP contribution in [0.4, 0.5) is 0 Å². The lowest BCUT2D eigenvalue weighted by Gasteiger charge is -2.37. The van der Waals surface area contributed by atoms with Crippen molar-refractivity contribution in [3.63, 3.8) is 0 Å². The van der Waals surface area contributed by atoms with Gasteiger partial charge in [-0.2, -0.15) is 5.10 Å². The molecule has 154 valence electrons. The number of morpholine rings is 1. The molecule has 7 heteroatoms. The molecule has 1 aromatic heterocycles. The predicted molar refractivity (Wildman–Crippen MR) is 111 cm³/mol. The summed E-state index contributed by atoms with van der Waals surface area (Å²) in [7, 11) is 5.92. The van der Waals surface area contributed by atoms with Gasteiger partial charge >= 0.3 is 0 Å². The third-order valence-electron chi connectivity index (χ3n) is 5.22. The molecule has 2 rings (SSSR count). The topological polar surface area (TPSA) is 57.9 Å². The van der Waals surface area contributed by atoms with Gasteiger partial charge in [0.2, 0.25) is 0 Å². The first-order valence-electron chi connectivity index (χ1n) is 10.1. The van der Waals surface area contributed by atoms with E-state index in [-0.39, 0.29) is 0 Å². The molecule has 1 aliphatic heterocycles. The van der Waals surface area contributed by atoms with E-state index in [9.17, 15) is 0 Å². The smallest absolute Gasteiger partial charge is 0.193 e. The van der Waals surface area contributed by atoms with Crippen LogP contribution in [0.15, 0.2) is 11.2 Å². The quantitative estimate of drug-likeness (QED) is 0.580. The molecule has 0 aromatic carbocycles. The lowest BCUT2D eigenvalue weighted by molar-refractivity contribution is 0.00741. The van der Waals surface area contributed by atoms with Crippen LogP contribution in [0.5, 0.6) is 0 Å². The average Bonchev–Trinajstić information content (AvgIpc) is 2.99. The van der Waals surface area contributed by atoms with Gasteiger partial charge in [-0.1, -0.05) is 27.7 Å². The maximum absolute atomic E-state index is 5.51. The summed E-state index contributed by atoms with van der Waals surface area (Å²) < 4.78 is 7.42. The molecule has 0 spiro atoms. The van der Waals surface area contributed by atoms with Crippen LogP contribution in [0.25, 0.3) is 0 Å². The Kier molecular flexibility index (Phi) is 8.10. The Hall–Kier alpha value is -1.60. The number of hydrogen-bond donors (Lipinski definition) is 1. The summed E-state index contributed by atoms with van der Waals surface area (Å²) in [6, 6.07) is 0.476. The highest BCUT2D eigenvalue weighted by Gasteiger charge is 2.24. The summed E-state index contributed by atoms with van der Waals surface area (Å²) in [5.74, 6) is 1.91. The fraction of sp³-hybridized carbons (Fsp3) is 0.800. The third kappa shape index (κ3) is 5.94. The van der Waals surface area contributed by atoms with Gasteiger partial charge in [0.05, 0.1) is 18.9 Å². The molecule has 1 saturated heterocycles. The first-order chi connectivity index (χ1) is 12.8. The molecule has 1 N–H and O–H groups in total. The van der Waals surface area contributed by atoms with E-state index in [0.717, 1.165) is 51.0 Å². The second-order valence-corrected chi connectivity index (χ2v) is 8.11. The van der Waals surface area contributed by atoms with Crippen LogP contribution in [-0.2, 0) is 18.3 Å². The van der Waals surface area contributed by atoms with Gasteiger partial charge in [-0.25, -0.2) is 0 Å². The number of aliphatic imine (C=N–C) groups is 1. The molecule has 1 atom stereocenters. The molecule has 1 fully saturated rings. The molecule has 1 aliphatic rings. The third-order valence-corrected chi connectivity index (χ3v) is 5.22. The Balaban J connectivity index is 1.99. The van der Waals surface area contributed by atoms with Crippen molar-refractivity contribution in [3.8, 4) is 0 Å². The number of nitrogens with zero attached hydrogens (tertiary/aromatic N) is 5. The van der Waals surface area contributed by atoms with Crippen LogP contribution in [0.3, 0.4) is 0 Å². The van der Waals surface area contributed by atoms with E-state index in [4.69, 9.17) is 4.74 Å². The van der Waals surface area contributed by atoms with E-state index in [2.05, 4.69) is 66.1 Å². The Morgan fingerprint density at radius 3 is 2.52 bits per heavy atom. The molecule has 2 heterocycles. The number of rotatable bonds is 7. The molecule has 1 unspecified atom stereocenters. The SMILES string of the molecule is CN=C(NCC(C(C)C)N1CCOCC1)N(C)Cc1cn(C)nc1C(C)C. The highest BCUT2D eigenvalue weighted by atomic mass is 16.5. The number of nitrogens with one attached hydrogen (secondary N) is 1. The van der Waals surface area contributed by atoms with Crippen LogP contribution < -0.4 is 5.32 Å². The lowest BCUT2D eigenvalue weighted by Crippen LogP contribution is -2.52. The summed E-state index contributed by atoms with van der Waals surface area (Å²) in [5, 5.41) is 8.21. The lowest BCUT2D eigenvalue weighted by atomic mass is 10.0. The summed E-state index contributed by atoms with van der Waals surface area (Å²) in [6.07, 6.45) is 2.11. The zero-order valence-corrected chi connectivity index (χ0v) is 18.2. The van der Waals surface area contributed by atoms with Crippen molar-refractivity contribution in [1.82, 2.24) is 24.9 Å². The fourth-order valence-corrected chi connectivity index (χ4v) is 3.77. The van der Waals surface area contributed by atoms with Crippen LogP contribution in [0.1, 0.15) is 44.9 Å². The summed E-state index contributed by atoms with van der Waals surface area (Å²) >= 11 is 0. The second-order valence-electron chi connectivity index (χ2n) is 8.11. The van der Waals surface area contributed by atoms with Crippen molar-refractivity contribution in [2.45, 2.75) is 46.2 Å². The van der Waals surface area contributed by atoms with Crippen molar-refractivity contribution in [2.24, 2.45) is 18.0 Å². The van der Waals surface area contributed by atoms with E-state index >= 15 is 0 Å². The molecule has 7 nitrogen and oxygen atoms in total. The van der Waals surface area contributed by atoms with Gasteiger partial charge in [0.15, 0.2) is 5.96 Å². The number of hydrogen-bond acceptors (Lipinski definition) is 4. The minimum absolute atomic E-state index is 0.413. The molecule has 27 heavy (non-hydrogen) atoms. The van der Waals surface area contributed by atoms with Crippen LogP contribution in [-0.4, -0.2) is 78.5 Å². The number of guanidine groups is 1. The predicted octanol–water partition coefficient (Wildman–Crippen LogP) is 1.91. The van der Waals surface area contributed by atoms with E-state index in [0.29, 0.717) is 17.9 Å². The monoisotopic (exact) mass is 378 g/mol. The number of aromatic nitrogens is 2. The first kappa shape index (κ1) is 21.7. The molecule has 0 aliphatic carbocycles. The zero-order chi connectivity index (χ0) is 20.0. The van der Waals surface area contributed by atoms with Crippen molar-refractivity contribution < 1.29 is 4.74 Å². The Bertz CT molecular complexity index is 604. The van der Waals surface area contributed by atoms with Gasteiger partial charge in [0.25, 0.3) is 0 Å². The maximum Gasteiger partial charge on any atom is 0.193 e. The highest BCUT2D eigenvalue weighted by Crippen LogP contribution is 2.18. The van der Waals surface area contributed by atoms with Crippen LogP contribution in [0, 0.1) is 5.92 Å². The molecule has 0 bridgehead atoms. The van der Waals surface area contributed by atoms with Gasteiger partial charge in [-0.3, -0.25) is 14.6 Å². The Labute approximate surface area is 164 Å². The van der Waals surface area contributed by atoms with Crippen LogP contribution in [0.2, 0.25) is 0 Å². The van der Waals surface area contributed by atoms with E-state index < -0.39 is 0 Å². The largest absolute Gasteiger partial charge is 0.379 e. The van der Waals surface area contributed by atoms with Crippen molar-refractivity contribution in [1.29, 1.82) is 0 Å². The van der Waals surface area contributed by atoms with Gasteiger partial charge in [0.1, 0.15) is 0 Å². The molecular formula is C20H38N6O. The van der Waals surface area contributed by atoms with E-state index in [1.807, 2.05) is 18.8 Å². The molecule has 0 saturated carbocycles. The zero-order valence-electron chi connectivity index (χ0n) is 18.2. The standard InChI is InChI=1S/C20H38N6O/c1-15(2)18(26-8-10-27-11-9-26)12-22-20(21-5)24(6)13-17-14-25(7)23-19(17)16(3)4/h14-16,18H,8-13H2,1-7H3,(H,21,22). The van der Waals surface area contributed by atoms with Gasteiger partial charge in [-0.15, -0.1) is 0 Å². The van der Waals surface area contributed by atoms with Crippen molar-refractivity contribution >= 4 is 5.96 Å². The summed E-state index contributed by atoms with van der Waals surface area (Å²) in [4.78, 5) is 9.22. The molecule has 0 amide bonds. The van der Waals surface area contributed by atoms with Gasteiger partial charge < -0.3 is 15.0 Å². The average molecular weight is 379 g/mol. The van der Waals surface area contributed by atoms with Crippen molar-refractivity contribution in [2.75, 3.05) is 46.9 Å². The van der Waals surface area contributed by atoms with Gasteiger partial charge in [-0.05, 0) is 11.8 Å².